The van der Waals surface area contributed by atoms with E-state index in [1.165, 1.54) is 22.6 Å². The maximum absolute atomic E-state index is 13.1. The summed E-state index contributed by atoms with van der Waals surface area (Å²) < 4.78 is 19.0. The van der Waals surface area contributed by atoms with Gasteiger partial charge in [0.2, 0.25) is 0 Å². The van der Waals surface area contributed by atoms with Crippen LogP contribution in [-0.2, 0) is 13.0 Å². The van der Waals surface area contributed by atoms with Crippen LogP contribution in [0.25, 0.3) is 11.3 Å². The second kappa shape index (κ2) is 6.21. The van der Waals surface area contributed by atoms with Gasteiger partial charge < -0.3 is 20.0 Å². The molecule has 5 nitrogen and oxygen atoms in total. The summed E-state index contributed by atoms with van der Waals surface area (Å²) in [7, 11) is 2.10. The second-order valence-corrected chi connectivity index (χ2v) is 8.06. The van der Waals surface area contributed by atoms with Crippen LogP contribution >= 0.6 is 11.3 Å². The lowest BCUT2D eigenvalue weighted by Gasteiger charge is -2.26. The average Bonchev–Trinajstić information content (AvgIpc) is 3.26. The van der Waals surface area contributed by atoms with Gasteiger partial charge in [-0.1, -0.05) is 0 Å². The van der Waals surface area contributed by atoms with Crippen molar-refractivity contribution >= 4 is 22.2 Å². The third kappa shape index (κ3) is 2.83. The maximum atomic E-state index is 13.1. The number of benzene rings is 1. The Hall–Kier alpha value is -2.64. The van der Waals surface area contributed by atoms with Gasteiger partial charge in [0.1, 0.15) is 22.3 Å². The highest BCUT2D eigenvalue weighted by atomic mass is 32.1. The number of hydrogen-bond acceptors (Lipinski definition) is 5. The molecule has 0 saturated heterocycles. The summed E-state index contributed by atoms with van der Waals surface area (Å²) in [5.41, 5.74) is 2.74. The van der Waals surface area contributed by atoms with Crippen molar-refractivity contribution in [2.75, 3.05) is 18.9 Å². The summed E-state index contributed by atoms with van der Waals surface area (Å²) >= 11 is 1.65. The minimum Gasteiger partial charge on any atom is -0.457 e. The Morgan fingerprint density at radius 1 is 1.19 bits per heavy atom. The number of hydrogen-bond donors (Lipinski definition) is 2. The summed E-state index contributed by atoms with van der Waals surface area (Å²) in [6.07, 6.45) is 0.476. The Bertz CT molecular complexity index is 1020. The monoisotopic (exact) mass is 383 g/mol. The number of amides is 1. The van der Waals surface area contributed by atoms with Crippen LogP contribution in [0.4, 0.5) is 9.39 Å². The van der Waals surface area contributed by atoms with Crippen molar-refractivity contribution in [1.29, 1.82) is 0 Å². The molecule has 2 N–H and O–H groups in total. The van der Waals surface area contributed by atoms with E-state index in [2.05, 4.69) is 22.6 Å². The Morgan fingerprint density at radius 3 is 2.81 bits per heavy atom. The summed E-state index contributed by atoms with van der Waals surface area (Å²) in [4.78, 5) is 16.3. The number of anilines is 1. The van der Waals surface area contributed by atoms with E-state index in [4.69, 9.17) is 4.42 Å². The zero-order valence-electron chi connectivity index (χ0n) is 14.7. The first-order valence-electron chi connectivity index (χ1n) is 8.84. The van der Waals surface area contributed by atoms with E-state index < -0.39 is 6.17 Å². The molecular formula is C20H18FN3O2S. The molecule has 5 rings (SSSR count). The van der Waals surface area contributed by atoms with Crippen molar-refractivity contribution < 1.29 is 13.6 Å². The highest BCUT2D eigenvalue weighted by molar-refractivity contribution is 7.16. The number of carbonyl (C=O) groups excluding carboxylic acids is 1. The molecule has 0 radical (unpaired) electrons. The second-order valence-electron chi connectivity index (χ2n) is 6.96. The Kier molecular flexibility index (Phi) is 3.80. The minimum absolute atomic E-state index is 0.0597. The molecule has 27 heavy (non-hydrogen) atoms. The Morgan fingerprint density at radius 2 is 2.00 bits per heavy atom. The molecule has 3 aromatic rings. The minimum atomic E-state index is -0.419. The first-order chi connectivity index (χ1) is 13.1. The number of nitrogens with one attached hydrogen (secondary N) is 2. The fourth-order valence-electron chi connectivity index (χ4n) is 3.66. The number of thiophene rings is 1. The molecule has 1 atom stereocenters. The highest BCUT2D eigenvalue weighted by Gasteiger charge is 2.33. The molecular weight excluding hydrogens is 365 g/mol. The number of rotatable bonds is 2. The van der Waals surface area contributed by atoms with Gasteiger partial charge in [0.05, 0.1) is 5.56 Å². The van der Waals surface area contributed by atoms with Crippen molar-refractivity contribution in [3.8, 4) is 11.3 Å². The quantitative estimate of drug-likeness (QED) is 0.703. The van der Waals surface area contributed by atoms with E-state index in [1.807, 2.05) is 12.1 Å². The lowest BCUT2D eigenvalue weighted by molar-refractivity contribution is 0.0930. The molecule has 0 aliphatic carbocycles. The average molecular weight is 383 g/mol. The summed E-state index contributed by atoms with van der Waals surface area (Å²) in [6, 6.07) is 9.82. The topological polar surface area (TPSA) is 57.5 Å². The van der Waals surface area contributed by atoms with E-state index >= 15 is 0 Å². The summed E-state index contributed by atoms with van der Waals surface area (Å²) in [5.74, 6) is 0.915. The first-order valence-corrected chi connectivity index (χ1v) is 9.66. The number of nitrogens with zero attached hydrogens (tertiary/aromatic N) is 1. The van der Waals surface area contributed by atoms with E-state index in [-0.39, 0.29) is 11.7 Å². The van der Waals surface area contributed by atoms with E-state index in [1.54, 1.807) is 23.5 Å². The van der Waals surface area contributed by atoms with E-state index in [9.17, 15) is 9.18 Å². The molecule has 1 amide bonds. The molecule has 0 fully saturated rings. The predicted molar refractivity (Wildman–Crippen MR) is 102 cm³/mol. The fourth-order valence-corrected chi connectivity index (χ4v) is 5.02. The summed E-state index contributed by atoms with van der Waals surface area (Å²) in [5, 5.41) is 7.31. The fraction of sp³-hybridized carbons (Fsp3) is 0.250. The molecule has 0 saturated carbocycles. The molecule has 2 aliphatic heterocycles. The molecule has 7 heteroatoms. The molecule has 2 aliphatic rings. The van der Waals surface area contributed by atoms with Gasteiger partial charge >= 0.3 is 0 Å². The smallest absolute Gasteiger partial charge is 0.256 e. The van der Waals surface area contributed by atoms with E-state index in [0.717, 1.165) is 35.6 Å². The van der Waals surface area contributed by atoms with Gasteiger partial charge in [-0.05, 0) is 55.4 Å². The SMILES string of the molecule is CN1CCc2c(sc3c2C(=O)N[C@H](c2ccc(-c4ccc(F)cc4)o2)N3)C1. The van der Waals surface area contributed by atoms with Crippen molar-refractivity contribution in [3.63, 3.8) is 0 Å². The lowest BCUT2D eigenvalue weighted by Crippen LogP contribution is -2.38. The van der Waals surface area contributed by atoms with E-state index in [0.29, 0.717) is 11.5 Å². The van der Waals surface area contributed by atoms with Crippen molar-refractivity contribution in [2.24, 2.45) is 0 Å². The van der Waals surface area contributed by atoms with Gasteiger partial charge in [0, 0.05) is 23.5 Å². The molecule has 1 aromatic carbocycles. The number of halogens is 1. The molecule has 0 unspecified atom stereocenters. The van der Waals surface area contributed by atoms with Crippen LogP contribution in [0, 0.1) is 5.82 Å². The van der Waals surface area contributed by atoms with Crippen LogP contribution in [0.3, 0.4) is 0 Å². The third-order valence-corrected chi connectivity index (χ3v) is 6.21. The zero-order chi connectivity index (χ0) is 18.5. The van der Waals surface area contributed by atoms with Crippen LogP contribution in [0.5, 0.6) is 0 Å². The van der Waals surface area contributed by atoms with Gasteiger partial charge in [-0.25, -0.2) is 4.39 Å². The first kappa shape index (κ1) is 16.5. The zero-order valence-corrected chi connectivity index (χ0v) is 15.5. The van der Waals surface area contributed by atoms with Crippen molar-refractivity contribution in [2.45, 2.75) is 19.1 Å². The highest BCUT2D eigenvalue weighted by Crippen LogP contribution is 2.41. The molecule has 2 aromatic heterocycles. The standard InChI is InChI=1S/C20H18FN3O2S/c1-24-9-8-13-16(10-24)27-20-17(13)19(25)22-18(23-20)15-7-6-14(26-15)11-2-4-12(21)5-3-11/h2-7,18,23H,8-10H2,1H3,(H,22,25)/t18-/m0/s1. The Balaban J connectivity index is 1.44. The molecule has 0 bridgehead atoms. The number of likely N-dealkylation sites (N-methyl/N-ethyl adjacent to an activating group) is 1. The number of furan rings is 1. The molecule has 0 spiro atoms. The number of carbonyl (C=O) groups is 1. The van der Waals surface area contributed by atoms with Crippen LogP contribution < -0.4 is 10.6 Å². The van der Waals surface area contributed by atoms with Gasteiger partial charge in [-0.3, -0.25) is 4.79 Å². The maximum Gasteiger partial charge on any atom is 0.256 e. The van der Waals surface area contributed by atoms with Crippen molar-refractivity contribution in [3.05, 3.63) is 64.0 Å². The van der Waals surface area contributed by atoms with Crippen molar-refractivity contribution in [1.82, 2.24) is 10.2 Å². The number of fused-ring (bicyclic) bond motifs is 3. The van der Waals surface area contributed by atoms with Gasteiger partial charge in [0.15, 0.2) is 6.17 Å². The lowest BCUT2D eigenvalue weighted by atomic mass is 10.0. The van der Waals surface area contributed by atoms with Crippen LogP contribution in [0.15, 0.2) is 40.8 Å². The summed E-state index contributed by atoms with van der Waals surface area (Å²) in [6.45, 7) is 1.84. The van der Waals surface area contributed by atoms with Gasteiger partial charge in [0.25, 0.3) is 5.91 Å². The van der Waals surface area contributed by atoms with Gasteiger partial charge in [-0.15, -0.1) is 11.3 Å². The van der Waals surface area contributed by atoms with Gasteiger partial charge in [-0.2, -0.15) is 0 Å². The van der Waals surface area contributed by atoms with Crippen LogP contribution in [-0.4, -0.2) is 24.4 Å². The largest absolute Gasteiger partial charge is 0.457 e. The van der Waals surface area contributed by atoms with Crippen LogP contribution in [0.2, 0.25) is 0 Å². The van der Waals surface area contributed by atoms with Crippen LogP contribution in [0.1, 0.15) is 32.7 Å². The third-order valence-electron chi connectivity index (χ3n) is 5.07. The molecule has 138 valence electrons. The predicted octanol–water partition coefficient (Wildman–Crippen LogP) is 3.99. The Labute approximate surface area is 159 Å². The normalized spacial score (nSPS) is 19.2. The molecule has 4 heterocycles.